The van der Waals surface area contributed by atoms with E-state index in [-0.39, 0.29) is 10.8 Å². The van der Waals surface area contributed by atoms with Crippen LogP contribution >= 0.6 is 0 Å². The zero-order chi connectivity index (χ0) is 16.1. The first kappa shape index (κ1) is 17.6. The predicted molar refractivity (Wildman–Crippen MR) is 93.2 cm³/mol. The lowest BCUT2D eigenvalue weighted by Gasteiger charge is -2.45. The summed E-state index contributed by atoms with van der Waals surface area (Å²) >= 11 is 0. The van der Waals surface area contributed by atoms with Crippen LogP contribution in [-0.2, 0) is 0 Å². The van der Waals surface area contributed by atoms with Gasteiger partial charge < -0.3 is 5.11 Å². The Balaban J connectivity index is 3.25. The predicted octanol–water partition coefficient (Wildman–Crippen LogP) is 6.14. The SMILES string of the molecule is C/C=C\C(=C/CC)C(C)C(C)(C)C1(C)C=CC=CC(O)=C1. The highest BCUT2D eigenvalue weighted by atomic mass is 16.3. The molecule has 0 fully saturated rings. The average Bonchev–Trinajstić information content (AvgIpc) is 2.59. The third-order valence-electron chi connectivity index (χ3n) is 5.04. The van der Waals surface area contributed by atoms with Gasteiger partial charge in [-0.2, -0.15) is 0 Å². The minimum absolute atomic E-state index is 0.0238. The number of aliphatic hydroxyl groups excluding tert-OH is 1. The fourth-order valence-electron chi connectivity index (χ4n) is 2.91. The first-order valence-electron chi connectivity index (χ1n) is 7.89. The lowest BCUT2D eigenvalue weighted by molar-refractivity contribution is 0.134. The summed E-state index contributed by atoms with van der Waals surface area (Å²) in [5.74, 6) is 0.722. The van der Waals surface area contributed by atoms with Crippen LogP contribution in [0, 0.1) is 16.7 Å². The van der Waals surface area contributed by atoms with E-state index >= 15 is 0 Å². The Kier molecular flexibility index (Phi) is 5.83. The molecule has 0 amide bonds. The Labute approximate surface area is 130 Å². The molecular formula is C20H30O. The highest BCUT2D eigenvalue weighted by molar-refractivity contribution is 5.32. The van der Waals surface area contributed by atoms with Crippen LogP contribution in [0.15, 0.2) is 59.9 Å². The topological polar surface area (TPSA) is 20.2 Å². The molecule has 21 heavy (non-hydrogen) atoms. The van der Waals surface area contributed by atoms with Gasteiger partial charge in [0.05, 0.1) is 0 Å². The van der Waals surface area contributed by atoms with Gasteiger partial charge in [-0.15, -0.1) is 0 Å². The molecule has 0 aromatic heterocycles. The molecule has 1 heteroatoms. The number of rotatable bonds is 5. The third kappa shape index (κ3) is 3.78. The van der Waals surface area contributed by atoms with Gasteiger partial charge in [-0.1, -0.05) is 71.1 Å². The summed E-state index contributed by atoms with van der Waals surface area (Å²) in [5.41, 5.74) is 1.14. The molecule has 1 rings (SSSR count). The summed E-state index contributed by atoms with van der Waals surface area (Å²) in [6.45, 7) is 13.3. The van der Waals surface area contributed by atoms with E-state index < -0.39 is 0 Å². The van der Waals surface area contributed by atoms with Gasteiger partial charge in [0.2, 0.25) is 0 Å². The Morgan fingerprint density at radius 3 is 2.62 bits per heavy atom. The second-order valence-corrected chi connectivity index (χ2v) is 6.63. The molecule has 0 spiro atoms. The highest BCUT2D eigenvalue weighted by Gasteiger charge is 2.42. The van der Waals surface area contributed by atoms with Crippen molar-refractivity contribution < 1.29 is 5.11 Å². The third-order valence-corrected chi connectivity index (χ3v) is 5.04. The molecule has 0 saturated heterocycles. The Hall–Kier alpha value is -1.50. The fraction of sp³-hybridized carbons (Fsp3) is 0.500. The summed E-state index contributed by atoms with van der Waals surface area (Å²) in [5, 5.41) is 10.0. The van der Waals surface area contributed by atoms with E-state index in [1.165, 1.54) is 5.57 Å². The van der Waals surface area contributed by atoms with Crippen molar-refractivity contribution in [2.24, 2.45) is 16.7 Å². The van der Waals surface area contributed by atoms with Crippen LogP contribution in [0.1, 0.15) is 48.0 Å². The second kappa shape index (κ2) is 6.98. The van der Waals surface area contributed by atoms with E-state index in [2.05, 4.69) is 65.8 Å². The van der Waals surface area contributed by atoms with Crippen molar-refractivity contribution in [3.8, 4) is 0 Å². The smallest absolute Gasteiger partial charge is 0.112 e. The maximum Gasteiger partial charge on any atom is 0.112 e. The van der Waals surface area contributed by atoms with Crippen LogP contribution in [0.5, 0.6) is 0 Å². The minimum atomic E-state index is -0.200. The van der Waals surface area contributed by atoms with Gasteiger partial charge in [0, 0.05) is 5.41 Å². The van der Waals surface area contributed by atoms with Gasteiger partial charge in [0.15, 0.2) is 0 Å². The Morgan fingerprint density at radius 2 is 2.05 bits per heavy atom. The summed E-state index contributed by atoms with van der Waals surface area (Å²) < 4.78 is 0. The molecule has 0 aliphatic heterocycles. The van der Waals surface area contributed by atoms with E-state index in [0.29, 0.717) is 11.7 Å². The molecule has 116 valence electrons. The molecule has 1 nitrogen and oxygen atoms in total. The Morgan fingerprint density at radius 1 is 1.38 bits per heavy atom. The average molecular weight is 286 g/mol. The van der Waals surface area contributed by atoms with Crippen molar-refractivity contribution in [2.75, 3.05) is 0 Å². The normalized spacial score (nSPS) is 25.0. The highest BCUT2D eigenvalue weighted by Crippen LogP contribution is 2.50. The lowest BCUT2D eigenvalue weighted by Crippen LogP contribution is -2.38. The molecule has 2 unspecified atom stereocenters. The number of allylic oxidation sites excluding steroid dienone is 9. The zero-order valence-corrected chi connectivity index (χ0v) is 14.4. The van der Waals surface area contributed by atoms with Crippen molar-refractivity contribution >= 4 is 0 Å². The van der Waals surface area contributed by atoms with Crippen LogP contribution in [0.2, 0.25) is 0 Å². The fourth-order valence-corrected chi connectivity index (χ4v) is 2.91. The molecule has 0 bridgehead atoms. The Bertz CT molecular complexity index is 500. The van der Waals surface area contributed by atoms with E-state index in [4.69, 9.17) is 0 Å². The molecule has 0 radical (unpaired) electrons. The van der Waals surface area contributed by atoms with Gasteiger partial charge in [-0.3, -0.25) is 0 Å². The molecule has 1 aliphatic carbocycles. The van der Waals surface area contributed by atoms with Gasteiger partial charge in [-0.05, 0) is 42.4 Å². The van der Waals surface area contributed by atoms with Gasteiger partial charge in [-0.25, -0.2) is 0 Å². The molecule has 0 aromatic carbocycles. The van der Waals surface area contributed by atoms with Crippen LogP contribution in [-0.4, -0.2) is 5.11 Å². The van der Waals surface area contributed by atoms with Gasteiger partial charge in [0.1, 0.15) is 5.76 Å². The molecule has 1 N–H and O–H groups in total. The molecule has 0 aromatic rings. The molecule has 0 saturated carbocycles. The largest absolute Gasteiger partial charge is 0.508 e. The van der Waals surface area contributed by atoms with Crippen LogP contribution in [0.3, 0.4) is 0 Å². The molecule has 2 atom stereocenters. The van der Waals surface area contributed by atoms with Crippen LogP contribution < -0.4 is 0 Å². The van der Waals surface area contributed by atoms with E-state index in [0.717, 1.165) is 6.42 Å². The van der Waals surface area contributed by atoms with Crippen LogP contribution in [0.25, 0.3) is 0 Å². The number of aliphatic hydroxyl groups is 1. The standard InChI is InChI=1S/C20H30O/c1-7-11-17(12-8-2)16(3)19(4,5)20(6)14-10-9-13-18(21)15-20/h7,9-16,21H,8H2,1-6H3/b11-7-,17-12+. The first-order chi connectivity index (χ1) is 9.78. The lowest BCUT2D eigenvalue weighted by atomic mass is 9.58. The van der Waals surface area contributed by atoms with Crippen molar-refractivity contribution in [3.63, 3.8) is 0 Å². The van der Waals surface area contributed by atoms with Crippen molar-refractivity contribution in [2.45, 2.75) is 48.0 Å². The minimum Gasteiger partial charge on any atom is -0.508 e. The summed E-state index contributed by atoms with van der Waals surface area (Å²) in [6, 6.07) is 0. The quantitative estimate of drug-likeness (QED) is 0.602. The summed E-state index contributed by atoms with van der Waals surface area (Å²) in [7, 11) is 0. The van der Waals surface area contributed by atoms with Crippen LogP contribution in [0.4, 0.5) is 0 Å². The van der Waals surface area contributed by atoms with Gasteiger partial charge in [0.25, 0.3) is 0 Å². The summed E-state index contributed by atoms with van der Waals surface area (Å²) in [6.07, 6.45) is 17.5. The van der Waals surface area contributed by atoms with Gasteiger partial charge >= 0.3 is 0 Å². The number of hydrogen-bond acceptors (Lipinski definition) is 1. The molecular weight excluding hydrogens is 256 g/mol. The molecule has 1 aliphatic rings. The van der Waals surface area contributed by atoms with E-state index in [9.17, 15) is 5.11 Å². The monoisotopic (exact) mass is 286 g/mol. The van der Waals surface area contributed by atoms with Crippen molar-refractivity contribution in [1.29, 1.82) is 0 Å². The van der Waals surface area contributed by atoms with E-state index in [1.807, 2.05) is 18.2 Å². The van der Waals surface area contributed by atoms with Crippen molar-refractivity contribution in [1.82, 2.24) is 0 Å². The molecule has 0 heterocycles. The zero-order valence-electron chi connectivity index (χ0n) is 14.4. The number of hydrogen-bond donors (Lipinski definition) is 1. The van der Waals surface area contributed by atoms with E-state index in [1.54, 1.807) is 6.08 Å². The second-order valence-electron chi connectivity index (χ2n) is 6.63. The maximum absolute atomic E-state index is 10.0. The summed E-state index contributed by atoms with van der Waals surface area (Å²) in [4.78, 5) is 0. The van der Waals surface area contributed by atoms with Crippen molar-refractivity contribution in [3.05, 3.63) is 59.9 Å². The maximum atomic E-state index is 10.0. The first-order valence-corrected chi connectivity index (χ1v) is 7.89.